The van der Waals surface area contributed by atoms with Gasteiger partial charge in [-0.25, -0.2) is 0 Å². The van der Waals surface area contributed by atoms with Crippen LogP contribution in [0.15, 0.2) is 24.3 Å². The highest BCUT2D eigenvalue weighted by atomic mass is 35.5. The largest absolute Gasteiger partial charge is 0.491 e. The Morgan fingerprint density at radius 2 is 1.79 bits per heavy atom. The molecule has 0 aliphatic carbocycles. The first kappa shape index (κ1) is 13.8. The quantitative estimate of drug-likeness (QED) is 0.932. The number of hydrogen-bond donors (Lipinski definition) is 1. The van der Waals surface area contributed by atoms with Crippen molar-refractivity contribution in [2.75, 3.05) is 5.32 Å². The predicted octanol–water partition coefficient (Wildman–Crippen LogP) is 3.71. The summed E-state index contributed by atoms with van der Waals surface area (Å²) in [5.41, 5.74) is 0.801. The van der Waals surface area contributed by atoms with Crippen molar-refractivity contribution >= 4 is 34.7 Å². The van der Waals surface area contributed by atoms with Crippen molar-refractivity contribution < 1.29 is 4.74 Å². The lowest BCUT2D eigenvalue weighted by atomic mass is 10.3. The van der Waals surface area contributed by atoms with Crippen LogP contribution in [0.1, 0.15) is 13.8 Å². The van der Waals surface area contributed by atoms with Crippen LogP contribution in [0.5, 0.6) is 5.75 Å². The number of nitrogens with one attached hydrogen (secondary N) is 1. The summed E-state index contributed by atoms with van der Waals surface area (Å²) in [6.07, 6.45) is 0.137. The van der Waals surface area contributed by atoms with Crippen molar-refractivity contribution in [3.8, 4) is 5.75 Å². The summed E-state index contributed by atoms with van der Waals surface area (Å²) in [7, 11) is 0. The summed E-state index contributed by atoms with van der Waals surface area (Å²) in [5, 5.41) is 10.4. The Hall–Kier alpha value is -1.59. The zero-order valence-electron chi connectivity index (χ0n) is 10.4. The van der Waals surface area contributed by atoms with Gasteiger partial charge in [-0.05, 0) is 49.7 Å². The van der Waals surface area contributed by atoms with Gasteiger partial charge in [-0.2, -0.15) is 4.98 Å². The Morgan fingerprint density at radius 1 is 1.11 bits per heavy atom. The van der Waals surface area contributed by atoms with Crippen LogP contribution in [0.25, 0.3) is 0 Å². The summed E-state index contributed by atoms with van der Waals surface area (Å²) >= 11 is 11.5. The van der Waals surface area contributed by atoms with E-state index in [-0.39, 0.29) is 16.5 Å². The molecule has 7 heteroatoms. The molecule has 0 amide bonds. The zero-order valence-corrected chi connectivity index (χ0v) is 11.9. The fourth-order valence-corrected chi connectivity index (χ4v) is 1.65. The fourth-order valence-electron chi connectivity index (χ4n) is 1.40. The van der Waals surface area contributed by atoms with E-state index in [0.29, 0.717) is 5.82 Å². The van der Waals surface area contributed by atoms with E-state index in [1.807, 2.05) is 38.1 Å². The van der Waals surface area contributed by atoms with Crippen molar-refractivity contribution in [1.82, 2.24) is 15.2 Å². The van der Waals surface area contributed by atoms with Crippen molar-refractivity contribution in [1.29, 1.82) is 0 Å². The number of ether oxygens (including phenoxy) is 1. The summed E-state index contributed by atoms with van der Waals surface area (Å²) < 4.78 is 5.55. The van der Waals surface area contributed by atoms with Gasteiger partial charge >= 0.3 is 0 Å². The highest BCUT2D eigenvalue weighted by Crippen LogP contribution is 2.23. The van der Waals surface area contributed by atoms with E-state index in [1.165, 1.54) is 0 Å². The lowest BCUT2D eigenvalue weighted by Gasteiger charge is -2.11. The van der Waals surface area contributed by atoms with Gasteiger partial charge in [0.1, 0.15) is 5.75 Å². The normalized spacial score (nSPS) is 10.6. The van der Waals surface area contributed by atoms with Crippen LogP contribution < -0.4 is 10.1 Å². The first-order chi connectivity index (χ1) is 9.04. The van der Waals surface area contributed by atoms with E-state index in [4.69, 9.17) is 27.9 Å². The molecule has 0 unspecified atom stereocenters. The fraction of sp³-hybridized carbons (Fsp3) is 0.250. The molecule has 1 heterocycles. The maximum Gasteiger partial charge on any atom is 0.245 e. The van der Waals surface area contributed by atoms with Gasteiger partial charge in [-0.1, -0.05) is 11.6 Å². The molecule has 0 bridgehead atoms. The number of aromatic nitrogens is 3. The molecule has 0 radical (unpaired) electrons. The Kier molecular flexibility index (Phi) is 4.39. The van der Waals surface area contributed by atoms with Crippen LogP contribution >= 0.6 is 23.2 Å². The summed E-state index contributed by atoms with van der Waals surface area (Å²) in [6, 6.07) is 7.41. The molecule has 0 atom stereocenters. The van der Waals surface area contributed by atoms with Gasteiger partial charge < -0.3 is 10.1 Å². The molecule has 0 saturated heterocycles. The van der Waals surface area contributed by atoms with Crippen LogP contribution in [-0.2, 0) is 0 Å². The van der Waals surface area contributed by atoms with Gasteiger partial charge in [0.25, 0.3) is 0 Å². The molecule has 0 saturated carbocycles. The number of benzene rings is 1. The first-order valence-electron chi connectivity index (χ1n) is 5.64. The number of hydrogen-bond acceptors (Lipinski definition) is 5. The number of halogens is 2. The van der Waals surface area contributed by atoms with E-state index in [0.717, 1.165) is 11.4 Å². The predicted molar refractivity (Wildman–Crippen MR) is 75.3 cm³/mol. The Bertz CT molecular complexity index is 560. The summed E-state index contributed by atoms with van der Waals surface area (Å²) in [4.78, 5) is 3.96. The van der Waals surface area contributed by atoms with Crippen molar-refractivity contribution in [2.45, 2.75) is 20.0 Å². The van der Waals surface area contributed by atoms with E-state index in [9.17, 15) is 0 Å². The number of anilines is 2. The SMILES string of the molecule is CC(C)Oc1ccc(Nc2nc(Cl)nnc2Cl)cc1. The monoisotopic (exact) mass is 298 g/mol. The zero-order chi connectivity index (χ0) is 13.8. The van der Waals surface area contributed by atoms with Gasteiger partial charge in [0, 0.05) is 5.69 Å². The molecule has 0 fully saturated rings. The molecule has 19 heavy (non-hydrogen) atoms. The minimum absolute atomic E-state index is 0.0339. The minimum Gasteiger partial charge on any atom is -0.491 e. The molecule has 1 aromatic heterocycles. The smallest absolute Gasteiger partial charge is 0.245 e. The third-order valence-electron chi connectivity index (χ3n) is 2.11. The minimum atomic E-state index is 0.0339. The van der Waals surface area contributed by atoms with Gasteiger partial charge in [0.05, 0.1) is 6.10 Å². The molecular formula is C12H12Cl2N4O. The Labute approximate surface area is 120 Å². The van der Waals surface area contributed by atoms with Crippen LogP contribution in [0.3, 0.4) is 0 Å². The van der Waals surface area contributed by atoms with Crippen molar-refractivity contribution in [2.24, 2.45) is 0 Å². The summed E-state index contributed by atoms with van der Waals surface area (Å²) in [5.74, 6) is 1.16. The van der Waals surface area contributed by atoms with Gasteiger partial charge in [-0.3, -0.25) is 0 Å². The molecule has 5 nitrogen and oxygen atoms in total. The summed E-state index contributed by atoms with van der Waals surface area (Å²) in [6.45, 7) is 3.95. The van der Waals surface area contributed by atoms with E-state index < -0.39 is 0 Å². The van der Waals surface area contributed by atoms with Gasteiger partial charge in [0.15, 0.2) is 11.0 Å². The molecule has 2 rings (SSSR count). The third-order valence-corrected chi connectivity index (χ3v) is 2.52. The maximum absolute atomic E-state index is 5.86. The van der Waals surface area contributed by atoms with Crippen LogP contribution in [0.4, 0.5) is 11.5 Å². The molecular weight excluding hydrogens is 287 g/mol. The van der Waals surface area contributed by atoms with Crippen molar-refractivity contribution in [3.63, 3.8) is 0 Å². The maximum atomic E-state index is 5.86. The second-order valence-corrected chi connectivity index (χ2v) is 4.73. The number of rotatable bonds is 4. The second kappa shape index (κ2) is 6.04. The van der Waals surface area contributed by atoms with E-state index >= 15 is 0 Å². The average Bonchev–Trinajstić information content (AvgIpc) is 2.35. The number of nitrogens with zero attached hydrogens (tertiary/aromatic N) is 3. The first-order valence-corrected chi connectivity index (χ1v) is 6.39. The Morgan fingerprint density at radius 3 is 2.42 bits per heavy atom. The highest BCUT2D eigenvalue weighted by molar-refractivity contribution is 6.32. The molecule has 1 N–H and O–H groups in total. The molecule has 0 aliphatic heterocycles. The average molecular weight is 299 g/mol. The topological polar surface area (TPSA) is 59.9 Å². The highest BCUT2D eigenvalue weighted by Gasteiger charge is 2.06. The molecule has 0 spiro atoms. The second-order valence-electron chi connectivity index (χ2n) is 4.04. The van der Waals surface area contributed by atoms with E-state index in [1.54, 1.807) is 0 Å². The van der Waals surface area contributed by atoms with Gasteiger partial charge in [0.2, 0.25) is 5.28 Å². The lowest BCUT2D eigenvalue weighted by molar-refractivity contribution is 0.242. The Balaban J connectivity index is 2.13. The van der Waals surface area contributed by atoms with Crippen molar-refractivity contribution in [3.05, 3.63) is 34.7 Å². The van der Waals surface area contributed by atoms with Gasteiger partial charge in [-0.15, -0.1) is 10.2 Å². The molecule has 1 aromatic carbocycles. The third kappa shape index (κ3) is 3.94. The molecule has 100 valence electrons. The lowest BCUT2D eigenvalue weighted by Crippen LogP contribution is -2.05. The standard InChI is InChI=1S/C12H12Cl2N4O/c1-7(2)19-9-5-3-8(4-6-9)15-11-10(13)17-18-12(14)16-11/h3-7H,1-2H3,(H,15,16,18). The van der Waals surface area contributed by atoms with Crippen LogP contribution in [0, 0.1) is 0 Å². The molecule has 0 aliphatic rings. The van der Waals surface area contributed by atoms with Crippen LogP contribution in [-0.4, -0.2) is 21.3 Å². The molecule has 2 aromatic rings. The van der Waals surface area contributed by atoms with E-state index in [2.05, 4.69) is 20.5 Å². The van der Waals surface area contributed by atoms with Crippen LogP contribution in [0.2, 0.25) is 10.4 Å².